The van der Waals surface area contributed by atoms with Crippen LogP contribution in [-0.4, -0.2) is 33.7 Å². The first kappa shape index (κ1) is 12.7. The Kier molecular flexibility index (Phi) is 2.94. The highest BCUT2D eigenvalue weighted by Gasteiger charge is 2.18. The zero-order valence-electron chi connectivity index (χ0n) is 10.6. The van der Waals surface area contributed by atoms with Crippen LogP contribution in [0.5, 0.6) is 0 Å². The maximum Gasteiger partial charge on any atom is 0.204 e. The van der Waals surface area contributed by atoms with Crippen molar-refractivity contribution in [3.63, 3.8) is 0 Å². The molecule has 3 aromatic rings. The van der Waals surface area contributed by atoms with Gasteiger partial charge in [-0.05, 0) is 35.5 Å². The molecule has 0 aliphatic carbocycles. The zero-order valence-corrected chi connectivity index (χ0v) is 11.4. The lowest BCUT2D eigenvalue weighted by Crippen LogP contribution is -2.07. The number of rotatable bonds is 3. The first-order valence-electron chi connectivity index (χ1n) is 5.88. The second-order valence-electron chi connectivity index (χ2n) is 4.42. The number of aryl methyl sites for hydroxylation is 1. The summed E-state index contributed by atoms with van der Waals surface area (Å²) in [5.41, 5.74) is 1.88. The van der Waals surface area contributed by atoms with Gasteiger partial charge in [0.05, 0.1) is 16.8 Å². The minimum Gasteiger partial charge on any atom is -0.223 e. The van der Waals surface area contributed by atoms with E-state index in [1.807, 2.05) is 6.92 Å². The fraction of sp³-hybridized carbons (Fsp3) is 0.167. The lowest BCUT2D eigenvalue weighted by atomic mass is 10.2. The molecular formula is C12H11N5O2S. The average molecular weight is 289 g/mol. The lowest BCUT2D eigenvalue weighted by Gasteiger charge is -2.05. The molecule has 2 aromatic heterocycles. The van der Waals surface area contributed by atoms with Gasteiger partial charge in [-0.25, -0.2) is 8.42 Å². The zero-order chi connectivity index (χ0) is 14.2. The molecule has 0 N–H and O–H groups in total. The molecular weight excluding hydrogens is 278 g/mol. The van der Waals surface area contributed by atoms with Crippen molar-refractivity contribution in [2.75, 3.05) is 0 Å². The SMILES string of the molecule is Cc1ccc(S(=O)(=O)Cc2ccnn3nnnc23)cc1. The fourth-order valence-corrected chi connectivity index (χ4v) is 3.21. The minimum atomic E-state index is -3.44. The van der Waals surface area contributed by atoms with Crippen molar-refractivity contribution in [1.29, 1.82) is 0 Å². The number of benzene rings is 1. The van der Waals surface area contributed by atoms with Crippen LogP contribution in [0.4, 0.5) is 0 Å². The first-order valence-corrected chi connectivity index (χ1v) is 7.53. The molecule has 0 fully saturated rings. The number of tetrazole rings is 1. The number of nitrogens with zero attached hydrogens (tertiary/aromatic N) is 5. The molecule has 3 rings (SSSR count). The highest BCUT2D eigenvalue weighted by atomic mass is 32.2. The van der Waals surface area contributed by atoms with Gasteiger partial charge in [0.25, 0.3) is 0 Å². The van der Waals surface area contributed by atoms with E-state index in [2.05, 4.69) is 20.6 Å². The van der Waals surface area contributed by atoms with Gasteiger partial charge in [-0.2, -0.15) is 5.10 Å². The molecule has 0 aliphatic rings. The summed E-state index contributed by atoms with van der Waals surface area (Å²) in [4.78, 5) is 0.283. The summed E-state index contributed by atoms with van der Waals surface area (Å²) in [6.45, 7) is 1.91. The number of fused-ring (bicyclic) bond motifs is 1. The van der Waals surface area contributed by atoms with Gasteiger partial charge < -0.3 is 0 Å². The van der Waals surface area contributed by atoms with Crippen LogP contribution >= 0.6 is 0 Å². The highest BCUT2D eigenvalue weighted by molar-refractivity contribution is 7.90. The Balaban J connectivity index is 2.01. The lowest BCUT2D eigenvalue weighted by molar-refractivity contribution is 0.595. The number of hydrogen-bond acceptors (Lipinski definition) is 6. The van der Waals surface area contributed by atoms with Crippen molar-refractivity contribution < 1.29 is 8.42 Å². The summed E-state index contributed by atoms with van der Waals surface area (Å²) in [5.74, 6) is -0.164. The summed E-state index contributed by atoms with van der Waals surface area (Å²) in [6.07, 6.45) is 1.48. The Hall–Kier alpha value is -2.35. The molecule has 0 spiro atoms. The second-order valence-corrected chi connectivity index (χ2v) is 6.41. The fourth-order valence-electron chi connectivity index (χ4n) is 1.86. The number of sulfone groups is 1. The predicted molar refractivity (Wildman–Crippen MR) is 70.6 cm³/mol. The van der Waals surface area contributed by atoms with Crippen LogP contribution in [0.15, 0.2) is 41.4 Å². The Morgan fingerprint density at radius 1 is 1.15 bits per heavy atom. The third-order valence-corrected chi connectivity index (χ3v) is 4.60. The molecule has 0 aliphatic heterocycles. The third kappa shape index (κ3) is 2.25. The Labute approximate surface area is 115 Å². The average Bonchev–Trinajstić information content (AvgIpc) is 2.88. The van der Waals surface area contributed by atoms with E-state index in [4.69, 9.17) is 0 Å². The smallest absolute Gasteiger partial charge is 0.204 e. The van der Waals surface area contributed by atoms with E-state index in [0.717, 1.165) is 5.56 Å². The van der Waals surface area contributed by atoms with Gasteiger partial charge >= 0.3 is 0 Å². The van der Waals surface area contributed by atoms with E-state index >= 15 is 0 Å². The Morgan fingerprint density at radius 2 is 1.90 bits per heavy atom. The molecule has 0 bridgehead atoms. The Bertz CT molecular complexity index is 855. The van der Waals surface area contributed by atoms with Crippen molar-refractivity contribution in [3.8, 4) is 0 Å². The van der Waals surface area contributed by atoms with Crippen LogP contribution in [0.3, 0.4) is 0 Å². The molecule has 0 unspecified atom stereocenters. The van der Waals surface area contributed by atoms with E-state index in [1.165, 1.54) is 10.8 Å². The highest BCUT2D eigenvalue weighted by Crippen LogP contribution is 2.18. The van der Waals surface area contributed by atoms with E-state index in [9.17, 15) is 8.42 Å². The molecule has 0 amide bonds. The molecule has 0 radical (unpaired) electrons. The molecule has 2 heterocycles. The van der Waals surface area contributed by atoms with Crippen LogP contribution in [-0.2, 0) is 15.6 Å². The van der Waals surface area contributed by atoms with E-state index in [0.29, 0.717) is 11.2 Å². The maximum absolute atomic E-state index is 12.4. The van der Waals surface area contributed by atoms with E-state index < -0.39 is 9.84 Å². The van der Waals surface area contributed by atoms with Crippen molar-refractivity contribution in [2.45, 2.75) is 17.6 Å². The van der Waals surface area contributed by atoms with Crippen molar-refractivity contribution in [2.24, 2.45) is 0 Å². The van der Waals surface area contributed by atoms with Crippen LogP contribution in [0.2, 0.25) is 0 Å². The molecule has 0 saturated heterocycles. The van der Waals surface area contributed by atoms with Gasteiger partial charge in [-0.15, -0.1) is 9.73 Å². The van der Waals surface area contributed by atoms with E-state index in [-0.39, 0.29) is 10.6 Å². The topological polar surface area (TPSA) is 90.1 Å². The van der Waals surface area contributed by atoms with Gasteiger partial charge in [0.15, 0.2) is 9.84 Å². The molecule has 1 aromatic carbocycles. The van der Waals surface area contributed by atoms with E-state index in [1.54, 1.807) is 30.3 Å². The quantitative estimate of drug-likeness (QED) is 0.708. The van der Waals surface area contributed by atoms with Crippen molar-refractivity contribution >= 4 is 15.5 Å². The van der Waals surface area contributed by atoms with Gasteiger partial charge in [0.2, 0.25) is 5.65 Å². The maximum atomic E-state index is 12.4. The Morgan fingerprint density at radius 3 is 2.65 bits per heavy atom. The monoisotopic (exact) mass is 289 g/mol. The van der Waals surface area contributed by atoms with Crippen LogP contribution in [0.1, 0.15) is 11.1 Å². The molecule has 8 heteroatoms. The normalized spacial score (nSPS) is 11.8. The second kappa shape index (κ2) is 4.64. The van der Waals surface area contributed by atoms with Crippen LogP contribution < -0.4 is 0 Å². The van der Waals surface area contributed by atoms with Crippen molar-refractivity contribution in [1.82, 2.24) is 25.3 Å². The number of hydrogen-bond donors (Lipinski definition) is 0. The summed E-state index contributed by atoms with van der Waals surface area (Å²) in [5, 5.41) is 14.8. The number of aromatic nitrogens is 5. The summed E-state index contributed by atoms with van der Waals surface area (Å²) >= 11 is 0. The van der Waals surface area contributed by atoms with Crippen molar-refractivity contribution in [3.05, 3.63) is 47.7 Å². The first-order chi connectivity index (χ1) is 9.56. The minimum absolute atomic E-state index is 0.164. The summed E-state index contributed by atoms with van der Waals surface area (Å²) in [6, 6.07) is 8.36. The van der Waals surface area contributed by atoms with Gasteiger partial charge in [-0.3, -0.25) is 0 Å². The molecule has 0 atom stereocenters. The van der Waals surface area contributed by atoms with Crippen LogP contribution in [0.25, 0.3) is 5.65 Å². The standard InChI is InChI=1S/C12H11N5O2S/c1-9-2-4-11(5-3-9)20(18,19)8-10-6-7-13-17-12(10)14-15-16-17/h2-7H,8H2,1H3. The van der Waals surface area contributed by atoms with Gasteiger partial charge in [0, 0.05) is 5.56 Å². The van der Waals surface area contributed by atoms with Gasteiger partial charge in [-0.1, -0.05) is 17.7 Å². The molecule has 102 valence electrons. The predicted octanol–water partition coefficient (Wildman–Crippen LogP) is 0.802. The largest absolute Gasteiger partial charge is 0.223 e. The summed E-state index contributed by atoms with van der Waals surface area (Å²) in [7, 11) is -3.44. The summed E-state index contributed by atoms with van der Waals surface area (Å²) < 4.78 is 26.0. The third-order valence-electron chi connectivity index (χ3n) is 2.92. The molecule has 0 saturated carbocycles. The van der Waals surface area contributed by atoms with Gasteiger partial charge in [0.1, 0.15) is 0 Å². The van der Waals surface area contributed by atoms with Crippen LogP contribution in [0, 0.1) is 6.92 Å². The molecule has 7 nitrogen and oxygen atoms in total. The molecule has 20 heavy (non-hydrogen) atoms.